The summed E-state index contributed by atoms with van der Waals surface area (Å²) in [5.74, 6) is -0.000948. The van der Waals surface area contributed by atoms with Crippen molar-refractivity contribution < 1.29 is 14.3 Å². The quantitative estimate of drug-likeness (QED) is 0.529. The van der Waals surface area contributed by atoms with Crippen molar-refractivity contribution in [3.05, 3.63) is 65.2 Å². The lowest BCUT2D eigenvalue weighted by atomic mass is 9.89. The number of hydrogen-bond donors (Lipinski definition) is 2. The van der Waals surface area contributed by atoms with Crippen molar-refractivity contribution in [2.45, 2.75) is 6.92 Å². The van der Waals surface area contributed by atoms with Crippen LogP contribution in [-0.2, 0) is 0 Å². The fraction of sp³-hybridized carbons (Fsp3) is 0.0909. The molecule has 0 saturated carbocycles. The van der Waals surface area contributed by atoms with E-state index in [1.807, 2.05) is 55.5 Å². The van der Waals surface area contributed by atoms with Crippen LogP contribution in [0.1, 0.15) is 26.3 Å². The van der Waals surface area contributed by atoms with Crippen LogP contribution >= 0.6 is 0 Å². The monoisotopic (exact) mass is 356 g/mol. The van der Waals surface area contributed by atoms with Crippen LogP contribution in [0.15, 0.2) is 48.5 Å². The van der Waals surface area contributed by atoms with Gasteiger partial charge in [-0.3, -0.25) is 14.9 Å². The van der Waals surface area contributed by atoms with Crippen molar-refractivity contribution in [2.24, 2.45) is 0 Å². The third kappa shape index (κ3) is 2.05. The Morgan fingerprint density at radius 2 is 1.63 bits per heavy atom. The number of nitrogens with one attached hydrogen (secondary N) is 2. The van der Waals surface area contributed by atoms with Gasteiger partial charge in [0, 0.05) is 21.9 Å². The van der Waals surface area contributed by atoms with E-state index in [0.717, 1.165) is 38.5 Å². The number of hydrogen-bond acceptors (Lipinski definition) is 3. The van der Waals surface area contributed by atoms with Gasteiger partial charge in [0.05, 0.1) is 23.8 Å². The summed E-state index contributed by atoms with van der Waals surface area (Å²) in [6, 6.07) is 15.6. The summed E-state index contributed by atoms with van der Waals surface area (Å²) in [5.41, 5.74) is 5.36. The van der Waals surface area contributed by atoms with Crippen LogP contribution in [0.3, 0.4) is 0 Å². The normalized spacial score (nSPS) is 13.3. The highest BCUT2D eigenvalue weighted by Crippen LogP contribution is 2.42. The van der Waals surface area contributed by atoms with Gasteiger partial charge in [0.15, 0.2) is 0 Å². The number of fused-ring (bicyclic) bond motifs is 5. The molecule has 0 radical (unpaired) electrons. The maximum absolute atomic E-state index is 12.6. The van der Waals surface area contributed by atoms with Crippen molar-refractivity contribution in [2.75, 3.05) is 7.11 Å². The number of imide groups is 1. The fourth-order valence-corrected chi connectivity index (χ4v) is 4.07. The zero-order chi connectivity index (χ0) is 18.7. The van der Waals surface area contributed by atoms with Crippen molar-refractivity contribution in [1.82, 2.24) is 10.3 Å². The summed E-state index contributed by atoms with van der Waals surface area (Å²) >= 11 is 0. The van der Waals surface area contributed by atoms with Gasteiger partial charge in [0.1, 0.15) is 5.75 Å². The summed E-state index contributed by atoms with van der Waals surface area (Å²) < 4.78 is 5.37. The van der Waals surface area contributed by atoms with E-state index in [1.165, 1.54) is 0 Å². The molecule has 5 rings (SSSR count). The molecule has 4 aromatic rings. The molecule has 132 valence electrons. The standard InChI is InChI=1S/C22H16N2O3/c1-11-16(12-6-4-3-5-7-12)20-18(19-17(11)21(25)24-22(19)26)14-10-13(27-2)8-9-15(14)23-20/h3-10,23H,1-2H3,(H,24,25,26). The van der Waals surface area contributed by atoms with Crippen molar-refractivity contribution in [3.63, 3.8) is 0 Å². The molecule has 27 heavy (non-hydrogen) atoms. The van der Waals surface area contributed by atoms with Gasteiger partial charge in [0.25, 0.3) is 11.8 Å². The summed E-state index contributed by atoms with van der Waals surface area (Å²) in [5, 5.41) is 4.07. The first-order chi connectivity index (χ1) is 13.1. The number of aromatic amines is 1. The molecule has 0 aliphatic carbocycles. The molecule has 2 heterocycles. The lowest BCUT2D eigenvalue weighted by molar-refractivity contribution is 0.0880. The summed E-state index contributed by atoms with van der Waals surface area (Å²) in [7, 11) is 1.61. The number of carbonyl (C=O) groups is 2. The predicted octanol–water partition coefficient (Wildman–Crippen LogP) is 4.19. The third-order valence-corrected chi connectivity index (χ3v) is 5.25. The molecule has 0 fully saturated rings. The number of ether oxygens (including phenoxy) is 1. The lowest BCUT2D eigenvalue weighted by Gasteiger charge is -2.12. The second kappa shape index (κ2) is 5.45. The molecule has 0 bridgehead atoms. The zero-order valence-corrected chi connectivity index (χ0v) is 14.8. The highest BCUT2D eigenvalue weighted by atomic mass is 16.5. The predicted molar refractivity (Wildman–Crippen MR) is 104 cm³/mol. The van der Waals surface area contributed by atoms with Crippen LogP contribution in [-0.4, -0.2) is 23.9 Å². The van der Waals surface area contributed by atoms with Crippen LogP contribution in [0.2, 0.25) is 0 Å². The Morgan fingerprint density at radius 3 is 2.37 bits per heavy atom. The highest BCUT2D eigenvalue weighted by molar-refractivity contribution is 6.32. The number of aromatic nitrogens is 1. The minimum atomic E-state index is -0.355. The second-order valence-electron chi connectivity index (χ2n) is 6.69. The minimum absolute atomic E-state index is 0.344. The zero-order valence-electron chi connectivity index (χ0n) is 14.8. The van der Waals surface area contributed by atoms with Crippen LogP contribution in [0.4, 0.5) is 0 Å². The first-order valence-electron chi connectivity index (χ1n) is 8.67. The SMILES string of the molecule is COc1ccc2[nH]c3c(-c4ccccc4)c(C)c4c(c3c2c1)C(=O)NC4=O. The summed E-state index contributed by atoms with van der Waals surface area (Å²) in [4.78, 5) is 28.6. The molecule has 2 N–H and O–H groups in total. The average molecular weight is 356 g/mol. The number of rotatable bonds is 2. The Kier molecular flexibility index (Phi) is 3.15. The van der Waals surface area contributed by atoms with Gasteiger partial charge in [0.2, 0.25) is 0 Å². The molecule has 1 aromatic heterocycles. The smallest absolute Gasteiger partial charge is 0.259 e. The number of carbonyl (C=O) groups excluding carboxylic acids is 2. The van der Waals surface area contributed by atoms with Crippen LogP contribution in [0, 0.1) is 6.92 Å². The third-order valence-electron chi connectivity index (χ3n) is 5.25. The minimum Gasteiger partial charge on any atom is -0.497 e. The largest absolute Gasteiger partial charge is 0.497 e. The average Bonchev–Trinajstić information content (AvgIpc) is 3.19. The second-order valence-corrected chi connectivity index (χ2v) is 6.69. The molecular formula is C22H16N2O3. The van der Waals surface area contributed by atoms with Crippen LogP contribution < -0.4 is 10.1 Å². The van der Waals surface area contributed by atoms with Crippen LogP contribution in [0.25, 0.3) is 32.9 Å². The summed E-state index contributed by atoms with van der Waals surface area (Å²) in [6.45, 7) is 1.89. The molecule has 5 heteroatoms. The Labute approximate surface area is 155 Å². The summed E-state index contributed by atoms with van der Waals surface area (Å²) in [6.07, 6.45) is 0. The highest BCUT2D eigenvalue weighted by Gasteiger charge is 2.34. The topological polar surface area (TPSA) is 71.2 Å². The Bertz CT molecular complexity index is 1270. The van der Waals surface area contributed by atoms with Gasteiger partial charge in [-0.1, -0.05) is 30.3 Å². The molecule has 0 spiro atoms. The Balaban J connectivity index is 2.04. The van der Waals surface area contributed by atoms with E-state index in [2.05, 4.69) is 10.3 Å². The molecule has 5 nitrogen and oxygen atoms in total. The maximum Gasteiger partial charge on any atom is 0.259 e. The van der Waals surface area contributed by atoms with E-state index in [-0.39, 0.29) is 11.8 Å². The first kappa shape index (κ1) is 15.6. The van der Waals surface area contributed by atoms with E-state index in [0.29, 0.717) is 16.9 Å². The molecule has 1 aliphatic heterocycles. The van der Waals surface area contributed by atoms with Gasteiger partial charge >= 0.3 is 0 Å². The molecule has 0 atom stereocenters. The molecule has 2 amide bonds. The molecule has 1 aliphatic rings. The maximum atomic E-state index is 12.6. The van der Waals surface area contributed by atoms with Crippen molar-refractivity contribution in [3.8, 4) is 16.9 Å². The van der Waals surface area contributed by atoms with Gasteiger partial charge in [-0.25, -0.2) is 0 Å². The first-order valence-corrected chi connectivity index (χ1v) is 8.67. The van der Waals surface area contributed by atoms with E-state index in [4.69, 9.17) is 4.74 Å². The molecular weight excluding hydrogens is 340 g/mol. The van der Waals surface area contributed by atoms with Gasteiger partial charge < -0.3 is 9.72 Å². The number of benzene rings is 3. The van der Waals surface area contributed by atoms with E-state index in [1.54, 1.807) is 7.11 Å². The van der Waals surface area contributed by atoms with E-state index >= 15 is 0 Å². The Morgan fingerprint density at radius 1 is 0.889 bits per heavy atom. The van der Waals surface area contributed by atoms with Crippen LogP contribution in [0.5, 0.6) is 5.75 Å². The van der Waals surface area contributed by atoms with Gasteiger partial charge in [-0.05, 0) is 36.2 Å². The molecule has 3 aromatic carbocycles. The lowest BCUT2D eigenvalue weighted by Crippen LogP contribution is -2.20. The molecule has 0 unspecified atom stereocenters. The van der Waals surface area contributed by atoms with E-state index in [9.17, 15) is 9.59 Å². The van der Waals surface area contributed by atoms with Gasteiger partial charge in [-0.2, -0.15) is 0 Å². The van der Waals surface area contributed by atoms with Gasteiger partial charge in [-0.15, -0.1) is 0 Å². The fourth-order valence-electron chi connectivity index (χ4n) is 4.07. The Hall–Kier alpha value is -3.60. The van der Waals surface area contributed by atoms with Crippen molar-refractivity contribution in [1.29, 1.82) is 0 Å². The van der Waals surface area contributed by atoms with Crippen molar-refractivity contribution >= 4 is 33.6 Å². The molecule has 0 saturated heterocycles. The number of methoxy groups -OCH3 is 1. The van der Waals surface area contributed by atoms with E-state index < -0.39 is 0 Å². The number of H-pyrrole nitrogens is 1. The number of amides is 2.